The number of hydrogen-bond donors (Lipinski definition) is 0. The average molecular weight is 351 g/mol. The van der Waals surface area contributed by atoms with E-state index in [0.29, 0.717) is 10.9 Å². The summed E-state index contributed by atoms with van der Waals surface area (Å²) in [5.74, 6) is 2.85. The van der Waals surface area contributed by atoms with Gasteiger partial charge in [-0.15, -0.1) is 0 Å². The Morgan fingerprint density at radius 1 is 1.29 bits per heavy atom. The van der Waals surface area contributed by atoms with E-state index in [1.165, 1.54) is 49.7 Å². The molecule has 1 aliphatic heterocycles. The Hall–Kier alpha value is -0.500. The van der Waals surface area contributed by atoms with E-state index >= 15 is 0 Å². The van der Waals surface area contributed by atoms with Crippen molar-refractivity contribution < 1.29 is 4.74 Å². The highest BCUT2D eigenvalue weighted by Gasteiger charge is 2.33. The van der Waals surface area contributed by atoms with Gasteiger partial charge in [0.25, 0.3) is 0 Å². The van der Waals surface area contributed by atoms with Crippen LogP contribution in [0.2, 0.25) is 0 Å². The number of fused-ring (bicyclic) bond motifs is 1. The van der Waals surface area contributed by atoms with Gasteiger partial charge in [-0.3, -0.25) is 0 Å². The molecular weight excluding hydrogens is 324 g/mol. The second kappa shape index (κ2) is 6.73. The summed E-state index contributed by atoms with van der Waals surface area (Å²) in [7, 11) is 0. The van der Waals surface area contributed by atoms with Crippen molar-refractivity contribution in [2.75, 3.05) is 0 Å². The van der Waals surface area contributed by atoms with Crippen LogP contribution in [-0.2, 0) is 6.42 Å². The fourth-order valence-electron chi connectivity index (χ4n) is 4.16. The molecule has 0 aromatic heterocycles. The van der Waals surface area contributed by atoms with E-state index in [4.69, 9.17) is 4.74 Å². The lowest BCUT2D eigenvalue weighted by Crippen LogP contribution is -2.30. The SMILES string of the molecule is CCCC1CCC(Br)C(CC2Cc3cc(C)ccc3O2)C1. The Kier molecular flexibility index (Phi) is 4.93. The molecule has 0 bridgehead atoms. The second-order valence-electron chi connectivity index (χ2n) is 7.03. The van der Waals surface area contributed by atoms with Crippen molar-refractivity contribution >= 4 is 15.9 Å². The smallest absolute Gasteiger partial charge is 0.123 e. The molecule has 2 heteroatoms. The summed E-state index contributed by atoms with van der Waals surface area (Å²) in [5, 5.41) is 0. The summed E-state index contributed by atoms with van der Waals surface area (Å²) in [5.41, 5.74) is 2.75. The average Bonchev–Trinajstić information content (AvgIpc) is 2.84. The molecule has 1 aromatic carbocycles. The first-order valence-electron chi connectivity index (χ1n) is 8.56. The molecule has 116 valence electrons. The number of ether oxygens (including phenoxy) is 1. The van der Waals surface area contributed by atoms with Gasteiger partial charge < -0.3 is 4.74 Å². The van der Waals surface area contributed by atoms with Crippen molar-refractivity contribution in [3.8, 4) is 5.75 Å². The molecule has 0 N–H and O–H groups in total. The Bertz CT molecular complexity index is 484. The first kappa shape index (κ1) is 15.4. The Morgan fingerprint density at radius 2 is 2.14 bits per heavy atom. The van der Waals surface area contributed by atoms with Crippen LogP contribution in [0.15, 0.2) is 18.2 Å². The molecule has 4 unspecified atom stereocenters. The van der Waals surface area contributed by atoms with E-state index in [9.17, 15) is 0 Å². The van der Waals surface area contributed by atoms with Crippen LogP contribution in [0, 0.1) is 18.8 Å². The van der Waals surface area contributed by atoms with Gasteiger partial charge in [-0.25, -0.2) is 0 Å². The molecule has 0 radical (unpaired) electrons. The van der Waals surface area contributed by atoms with Gasteiger partial charge in [-0.2, -0.15) is 0 Å². The lowest BCUT2D eigenvalue weighted by Gasteiger charge is -2.34. The molecular formula is C19H27BrO. The van der Waals surface area contributed by atoms with Gasteiger partial charge in [-0.1, -0.05) is 53.4 Å². The predicted octanol–water partition coefficient (Wildman–Crippen LogP) is 5.67. The highest BCUT2D eigenvalue weighted by molar-refractivity contribution is 9.09. The molecule has 1 aliphatic carbocycles. The molecule has 1 heterocycles. The fraction of sp³-hybridized carbons (Fsp3) is 0.684. The molecule has 1 aromatic rings. The molecule has 1 fully saturated rings. The van der Waals surface area contributed by atoms with Crippen molar-refractivity contribution in [3.05, 3.63) is 29.3 Å². The molecule has 21 heavy (non-hydrogen) atoms. The van der Waals surface area contributed by atoms with Crippen molar-refractivity contribution in [1.82, 2.24) is 0 Å². The van der Waals surface area contributed by atoms with Gasteiger partial charge in [0.05, 0.1) is 0 Å². The van der Waals surface area contributed by atoms with Crippen LogP contribution in [0.1, 0.15) is 56.6 Å². The van der Waals surface area contributed by atoms with Crippen LogP contribution < -0.4 is 4.74 Å². The highest BCUT2D eigenvalue weighted by Crippen LogP contribution is 2.40. The molecule has 3 rings (SSSR count). The van der Waals surface area contributed by atoms with Gasteiger partial charge in [0, 0.05) is 11.2 Å². The lowest BCUT2D eigenvalue weighted by molar-refractivity contribution is 0.160. The first-order chi connectivity index (χ1) is 10.2. The van der Waals surface area contributed by atoms with Gasteiger partial charge >= 0.3 is 0 Å². The number of benzene rings is 1. The van der Waals surface area contributed by atoms with Crippen LogP contribution in [0.25, 0.3) is 0 Å². The first-order valence-corrected chi connectivity index (χ1v) is 9.47. The van der Waals surface area contributed by atoms with Crippen LogP contribution in [0.4, 0.5) is 0 Å². The molecule has 1 saturated carbocycles. The molecule has 1 nitrogen and oxygen atoms in total. The molecule has 0 spiro atoms. The third-order valence-electron chi connectivity index (χ3n) is 5.22. The van der Waals surface area contributed by atoms with Crippen molar-refractivity contribution in [3.63, 3.8) is 0 Å². The predicted molar refractivity (Wildman–Crippen MR) is 92.4 cm³/mol. The number of alkyl halides is 1. The van der Waals surface area contributed by atoms with Crippen molar-refractivity contribution in [2.24, 2.45) is 11.8 Å². The normalized spacial score (nSPS) is 31.8. The minimum atomic E-state index is 0.396. The zero-order valence-corrected chi connectivity index (χ0v) is 14.9. The Balaban J connectivity index is 1.59. The van der Waals surface area contributed by atoms with E-state index in [1.807, 2.05) is 0 Å². The zero-order valence-electron chi connectivity index (χ0n) is 13.3. The number of halogens is 1. The van der Waals surface area contributed by atoms with Gasteiger partial charge in [0.1, 0.15) is 11.9 Å². The van der Waals surface area contributed by atoms with Crippen molar-refractivity contribution in [2.45, 2.75) is 69.7 Å². The van der Waals surface area contributed by atoms with Gasteiger partial charge in [0.15, 0.2) is 0 Å². The maximum absolute atomic E-state index is 6.19. The number of aryl methyl sites for hydroxylation is 1. The van der Waals surface area contributed by atoms with Gasteiger partial charge in [-0.05, 0) is 56.1 Å². The largest absolute Gasteiger partial charge is 0.490 e. The third kappa shape index (κ3) is 3.64. The van der Waals surface area contributed by atoms with E-state index < -0.39 is 0 Å². The summed E-state index contributed by atoms with van der Waals surface area (Å²) >= 11 is 3.93. The van der Waals surface area contributed by atoms with E-state index in [0.717, 1.165) is 24.0 Å². The molecule has 2 aliphatic rings. The third-order valence-corrected chi connectivity index (χ3v) is 6.42. The number of hydrogen-bond acceptors (Lipinski definition) is 1. The van der Waals surface area contributed by atoms with Crippen molar-refractivity contribution in [1.29, 1.82) is 0 Å². The van der Waals surface area contributed by atoms with E-state index in [-0.39, 0.29) is 0 Å². The Morgan fingerprint density at radius 3 is 2.95 bits per heavy atom. The summed E-state index contributed by atoms with van der Waals surface area (Å²) in [6.45, 7) is 4.48. The zero-order chi connectivity index (χ0) is 14.8. The summed E-state index contributed by atoms with van der Waals surface area (Å²) in [6.07, 6.45) is 9.58. The monoisotopic (exact) mass is 350 g/mol. The fourth-order valence-corrected chi connectivity index (χ4v) is 4.85. The quantitative estimate of drug-likeness (QED) is 0.635. The highest BCUT2D eigenvalue weighted by atomic mass is 79.9. The maximum Gasteiger partial charge on any atom is 0.123 e. The maximum atomic E-state index is 6.19. The minimum Gasteiger partial charge on any atom is -0.490 e. The second-order valence-corrected chi connectivity index (χ2v) is 8.21. The summed E-state index contributed by atoms with van der Waals surface area (Å²) < 4.78 is 6.19. The molecule has 0 amide bonds. The summed E-state index contributed by atoms with van der Waals surface area (Å²) in [6, 6.07) is 6.60. The number of rotatable bonds is 4. The topological polar surface area (TPSA) is 9.23 Å². The standard InChI is InChI=1S/C19H27BrO/c1-3-4-14-6-7-18(20)15(10-14)11-17-12-16-9-13(2)5-8-19(16)21-17/h5,8-9,14-15,17-18H,3-4,6-7,10-12H2,1-2H3. The molecule has 0 saturated heterocycles. The van der Waals surface area contributed by atoms with Crippen LogP contribution in [-0.4, -0.2) is 10.9 Å². The van der Waals surface area contributed by atoms with Crippen LogP contribution in [0.5, 0.6) is 5.75 Å². The lowest BCUT2D eigenvalue weighted by atomic mass is 9.77. The van der Waals surface area contributed by atoms with Gasteiger partial charge in [0.2, 0.25) is 0 Å². The minimum absolute atomic E-state index is 0.396. The van der Waals surface area contributed by atoms with E-state index in [1.54, 1.807) is 0 Å². The van der Waals surface area contributed by atoms with Crippen LogP contribution in [0.3, 0.4) is 0 Å². The summed E-state index contributed by atoms with van der Waals surface area (Å²) in [4.78, 5) is 0.694. The van der Waals surface area contributed by atoms with Crippen LogP contribution >= 0.6 is 15.9 Å². The Labute approximate surface area is 137 Å². The van der Waals surface area contributed by atoms with E-state index in [2.05, 4.69) is 48.0 Å². The molecule has 4 atom stereocenters.